The van der Waals surface area contributed by atoms with E-state index in [-0.39, 0.29) is 11.7 Å². The smallest absolute Gasteiger partial charge is 0.250 e. The van der Waals surface area contributed by atoms with Gasteiger partial charge in [0.25, 0.3) is 5.91 Å². The Morgan fingerprint density at radius 3 is 2.62 bits per heavy atom. The molecule has 0 aliphatic carbocycles. The average Bonchev–Trinajstić information content (AvgIpc) is 3.11. The number of nitrogens with zero attached hydrogens (tertiary/aromatic N) is 4. The summed E-state index contributed by atoms with van der Waals surface area (Å²) in [5.41, 5.74) is 7.38. The fraction of sp³-hybridized carbons (Fsp3) is 0.167. The monoisotopic (exact) mass is 463 g/mol. The van der Waals surface area contributed by atoms with Crippen LogP contribution in [-0.4, -0.2) is 32.4 Å². The van der Waals surface area contributed by atoms with Gasteiger partial charge < -0.3 is 4.57 Å². The molecule has 0 fully saturated rings. The molecule has 0 saturated carbocycles. The van der Waals surface area contributed by atoms with E-state index < -0.39 is 0 Å². The lowest BCUT2D eigenvalue weighted by Crippen LogP contribution is -2.19. The van der Waals surface area contributed by atoms with Gasteiger partial charge in [0.05, 0.1) is 12.0 Å². The number of carbonyl (C=O) groups is 1. The number of rotatable bonds is 7. The van der Waals surface area contributed by atoms with Crippen molar-refractivity contribution < 1.29 is 4.79 Å². The Morgan fingerprint density at radius 2 is 1.84 bits per heavy atom. The number of para-hydroxylation sites is 1. The summed E-state index contributed by atoms with van der Waals surface area (Å²) in [7, 11) is 0. The van der Waals surface area contributed by atoms with Crippen molar-refractivity contribution in [2.24, 2.45) is 5.10 Å². The number of hydrogen-bond donors (Lipinski definition) is 1. The molecule has 162 valence electrons. The quantitative estimate of drug-likeness (QED) is 0.181. The molecular formula is C24H22ClN5OS. The number of hydrogen-bond acceptors (Lipinski definition) is 5. The van der Waals surface area contributed by atoms with Crippen LogP contribution >= 0.6 is 23.4 Å². The Balaban J connectivity index is 1.44. The van der Waals surface area contributed by atoms with Crippen molar-refractivity contribution in [3.63, 3.8) is 0 Å². The maximum atomic E-state index is 12.2. The molecule has 6 nitrogen and oxygen atoms in total. The number of thioether (sulfide) groups is 1. The summed E-state index contributed by atoms with van der Waals surface area (Å²) >= 11 is 7.63. The highest BCUT2D eigenvalue weighted by atomic mass is 35.5. The molecule has 0 radical (unpaired) electrons. The van der Waals surface area contributed by atoms with Crippen LogP contribution in [0.2, 0.25) is 5.02 Å². The van der Waals surface area contributed by atoms with E-state index in [1.54, 1.807) is 6.21 Å². The minimum Gasteiger partial charge on any atom is -0.342 e. The van der Waals surface area contributed by atoms with Crippen LogP contribution in [0.5, 0.6) is 0 Å². The number of fused-ring (bicyclic) bond motifs is 1. The van der Waals surface area contributed by atoms with E-state index >= 15 is 0 Å². The Kier molecular flexibility index (Phi) is 6.87. The molecule has 2 heterocycles. The third kappa shape index (κ3) is 5.36. The van der Waals surface area contributed by atoms with E-state index in [1.807, 2.05) is 68.6 Å². The van der Waals surface area contributed by atoms with Gasteiger partial charge in [-0.2, -0.15) is 5.10 Å². The first-order chi connectivity index (χ1) is 15.5. The predicted octanol–water partition coefficient (Wildman–Crippen LogP) is 4.99. The number of carbonyl (C=O) groups excluding carboxylic acids is 1. The summed E-state index contributed by atoms with van der Waals surface area (Å²) in [6, 6.07) is 17.8. The fourth-order valence-electron chi connectivity index (χ4n) is 3.41. The Hall–Kier alpha value is -3.16. The zero-order valence-corrected chi connectivity index (χ0v) is 19.3. The second-order valence-corrected chi connectivity index (χ2v) is 8.69. The second-order valence-electron chi connectivity index (χ2n) is 7.34. The molecule has 1 N–H and O–H groups in total. The van der Waals surface area contributed by atoms with E-state index in [1.165, 1.54) is 11.8 Å². The molecule has 0 saturated heterocycles. The minimum absolute atomic E-state index is 0.189. The van der Waals surface area contributed by atoms with Gasteiger partial charge >= 0.3 is 0 Å². The molecule has 4 aromatic rings. The van der Waals surface area contributed by atoms with Crippen molar-refractivity contribution in [2.75, 3.05) is 5.75 Å². The van der Waals surface area contributed by atoms with E-state index in [0.29, 0.717) is 11.7 Å². The van der Waals surface area contributed by atoms with E-state index in [2.05, 4.69) is 31.1 Å². The van der Waals surface area contributed by atoms with Crippen LogP contribution in [-0.2, 0) is 11.3 Å². The maximum Gasteiger partial charge on any atom is 0.250 e. The van der Waals surface area contributed by atoms with Gasteiger partial charge in [-0.3, -0.25) is 4.79 Å². The number of benzene rings is 2. The van der Waals surface area contributed by atoms with Crippen LogP contribution in [0, 0.1) is 13.8 Å². The SMILES string of the molecule is Cc1cc(C)nc(SCC(=O)N/N=C\c2cn(Cc3ccccc3Cl)c3ccccc23)n1. The third-order valence-corrected chi connectivity index (χ3v) is 6.02. The lowest BCUT2D eigenvalue weighted by Gasteiger charge is -2.07. The Morgan fingerprint density at radius 1 is 1.12 bits per heavy atom. The Labute approximate surface area is 195 Å². The van der Waals surface area contributed by atoms with E-state index in [0.717, 1.165) is 38.4 Å². The van der Waals surface area contributed by atoms with Gasteiger partial charge in [-0.1, -0.05) is 59.8 Å². The first-order valence-corrected chi connectivity index (χ1v) is 11.4. The zero-order chi connectivity index (χ0) is 22.5. The van der Waals surface area contributed by atoms with Crippen LogP contribution < -0.4 is 5.43 Å². The summed E-state index contributed by atoms with van der Waals surface area (Å²) in [5.74, 6) is -0.0251. The summed E-state index contributed by atoms with van der Waals surface area (Å²) in [4.78, 5) is 20.9. The average molecular weight is 464 g/mol. The van der Waals surface area contributed by atoms with Crippen LogP contribution in [0.1, 0.15) is 22.5 Å². The highest BCUT2D eigenvalue weighted by Gasteiger charge is 2.09. The van der Waals surface area contributed by atoms with Crippen molar-refractivity contribution in [2.45, 2.75) is 25.5 Å². The molecule has 0 aliphatic heterocycles. The fourth-order valence-corrected chi connectivity index (χ4v) is 4.35. The molecule has 0 aliphatic rings. The molecule has 0 atom stereocenters. The third-order valence-electron chi connectivity index (χ3n) is 4.80. The largest absolute Gasteiger partial charge is 0.342 e. The van der Waals surface area contributed by atoms with Gasteiger partial charge in [-0.15, -0.1) is 0 Å². The van der Waals surface area contributed by atoms with Crippen molar-refractivity contribution in [1.82, 2.24) is 20.0 Å². The number of aromatic nitrogens is 3. The summed E-state index contributed by atoms with van der Waals surface area (Å²) in [5, 5.41) is 6.53. The number of halogens is 1. The highest BCUT2D eigenvalue weighted by Crippen LogP contribution is 2.23. The molecule has 4 rings (SSSR count). The van der Waals surface area contributed by atoms with Gasteiger partial charge in [0.1, 0.15) is 0 Å². The van der Waals surface area contributed by atoms with Crippen molar-refractivity contribution >= 4 is 46.4 Å². The van der Waals surface area contributed by atoms with Crippen molar-refractivity contribution in [3.8, 4) is 0 Å². The molecule has 0 spiro atoms. The van der Waals surface area contributed by atoms with Gasteiger partial charge in [0.15, 0.2) is 5.16 Å². The van der Waals surface area contributed by atoms with E-state index in [4.69, 9.17) is 11.6 Å². The van der Waals surface area contributed by atoms with E-state index in [9.17, 15) is 4.79 Å². The molecule has 0 unspecified atom stereocenters. The first kappa shape index (κ1) is 22.0. The molecule has 8 heteroatoms. The first-order valence-electron chi connectivity index (χ1n) is 10.1. The zero-order valence-electron chi connectivity index (χ0n) is 17.7. The molecular weight excluding hydrogens is 442 g/mol. The summed E-state index contributed by atoms with van der Waals surface area (Å²) in [6.07, 6.45) is 3.68. The summed E-state index contributed by atoms with van der Waals surface area (Å²) < 4.78 is 2.13. The lowest BCUT2D eigenvalue weighted by atomic mass is 10.2. The van der Waals surface area contributed by atoms with Gasteiger partial charge in [0, 0.05) is 45.6 Å². The topological polar surface area (TPSA) is 72.2 Å². The van der Waals surface area contributed by atoms with Gasteiger partial charge in [-0.25, -0.2) is 15.4 Å². The maximum absolute atomic E-state index is 12.2. The highest BCUT2D eigenvalue weighted by molar-refractivity contribution is 7.99. The standard InChI is InChI=1S/C24H22ClN5OS/c1-16-11-17(2)28-24(27-16)32-15-23(31)29-26-12-19-14-30(22-10-6-4-8-20(19)22)13-18-7-3-5-9-21(18)25/h3-12,14H,13,15H2,1-2H3,(H,29,31)/b26-12-. The minimum atomic E-state index is -0.214. The number of hydrazone groups is 1. The molecule has 32 heavy (non-hydrogen) atoms. The summed E-state index contributed by atoms with van der Waals surface area (Å²) in [6.45, 7) is 4.46. The Bertz CT molecular complexity index is 1280. The molecule has 1 amide bonds. The van der Waals surface area contributed by atoms with Crippen molar-refractivity contribution in [1.29, 1.82) is 0 Å². The second kappa shape index (κ2) is 9.97. The molecule has 0 bridgehead atoms. The van der Waals surface area contributed by atoms with Crippen LogP contribution in [0.4, 0.5) is 0 Å². The number of nitrogens with one attached hydrogen (secondary N) is 1. The van der Waals surface area contributed by atoms with Crippen molar-refractivity contribution in [3.05, 3.63) is 88.3 Å². The lowest BCUT2D eigenvalue weighted by molar-refractivity contribution is -0.118. The van der Waals surface area contributed by atoms with Gasteiger partial charge in [0.2, 0.25) is 0 Å². The van der Waals surface area contributed by atoms with Crippen LogP contribution in [0.25, 0.3) is 10.9 Å². The van der Waals surface area contributed by atoms with Crippen LogP contribution in [0.3, 0.4) is 0 Å². The molecule has 2 aromatic carbocycles. The molecule has 2 aromatic heterocycles. The van der Waals surface area contributed by atoms with Crippen LogP contribution in [0.15, 0.2) is 71.1 Å². The van der Waals surface area contributed by atoms with Gasteiger partial charge in [-0.05, 0) is 37.6 Å². The normalized spacial score (nSPS) is 11.3. The number of aryl methyl sites for hydroxylation is 2. The predicted molar refractivity (Wildman–Crippen MR) is 130 cm³/mol. The number of amides is 1.